The van der Waals surface area contributed by atoms with Crippen molar-refractivity contribution in [3.8, 4) is 11.3 Å². The lowest BCUT2D eigenvalue weighted by Crippen LogP contribution is -2.24. The number of hydrogen-bond acceptors (Lipinski definition) is 3. The summed E-state index contributed by atoms with van der Waals surface area (Å²) in [7, 11) is 0. The number of Topliss-reactive ketones (excluding diaryl/α,β-unsaturated/α-hetero) is 2. The third-order valence-electron chi connectivity index (χ3n) is 4.10. The first-order chi connectivity index (χ1) is 10.6. The van der Waals surface area contributed by atoms with Gasteiger partial charge in [0, 0.05) is 23.6 Å². The minimum atomic E-state index is -0.427. The molecule has 1 aromatic carbocycles. The van der Waals surface area contributed by atoms with Gasteiger partial charge in [-0.3, -0.25) is 9.59 Å². The Labute approximate surface area is 130 Å². The summed E-state index contributed by atoms with van der Waals surface area (Å²) in [5, 5.41) is 0. The Bertz CT molecular complexity index is 756. The fraction of sp³-hybridized carbons (Fsp3) is 0.389. The maximum Gasteiger partial charge on any atom is 0.252 e. The van der Waals surface area contributed by atoms with Crippen molar-refractivity contribution >= 4 is 11.6 Å². The molecule has 0 radical (unpaired) electrons. The lowest BCUT2D eigenvalue weighted by molar-refractivity contribution is 0.0809. The Hall–Kier alpha value is -2.23. The zero-order valence-electron chi connectivity index (χ0n) is 13.2. The second-order valence-electron chi connectivity index (χ2n) is 6.03. The van der Waals surface area contributed by atoms with Crippen LogP contribution >= 0.6 is 0 Å². The molecule has 0 amide bonds. The summed E-state index contributed by atoms with van der Waals surface area (Å²) < 4.78 is 1.96. The summed E-state index contributed by atoms with van der Waals surface area (Å²) in [5.74, 6) is 0.245. The summed E-state index contributed by atoms with van der Waals surface area (Å²) >= 11 is 0. The van der Waals surface area contributed by atoms with Gasteiger partial charge in [-0.25, -0.2) is 4.98 Å². The van der Waals surface area contributed by atoms with Crippen molar-refractivity contribution in [2.24, 2.45) is 0 Å². The number of benzene rings is 1. The number of aromatic nitrogens is 2. The topological polar surface area (TPSA) is 52.0 Å². The van der Waals surface area contributed by atoms with Crippen LogP contribution in [0.25, 0.3) is 11.3 Å². The second kappa shape index (κ2) is 5.52. The van der Waals surface area contributed by atoms with Crippen molar-refractivity contribution in [1.29, 1.82) is 0 Å². The van der Waals surface area contributed by atoms with E-state index in [1.165, 1.54) is 0 Å². The molecule has 0 bridgehead atoms. The SMILES string of the molecule is CCCCn1c(C(C)C)nc2c1C(=O)C(=O)c1ccccc1-2. The van der Waals surface area contributed by atoms with Gasteiger partial charge in [-0.05, 0) is 6.42 Å². The highest BCUT2D eigenvalue weighted by Gasteiger charge is 2.36. The average Bonchev–Trinajstić information content (AvgIpc) is 2.90. The van der Waals surface area contributed by atoms with E-state index in [-0.39, 0.29) is 5.92 Å². The Kier molecular flexibility index (Phi) is 3.69. The lowest BCUT2D eigenvalue weighted by Gasteiger charge is -2.16. The molecule has 22 heavy (non-hydrogen) atoms. The van der Waals surface area contributed by atoms with E-state index in [1.807, 2.05) is 16.7 Å². The van der Waals surface area contributed by atoms with Gasteiger partial charge in [-0.2, -0.15) is 0 Å². The highest BCUT2D eigenvalue weighted by Crippen LogP contribution is 2.35. The van der Waals surface area contributed by atoms with Gasteiger partial charge in [-0.1, -0.05) is 51.5 Å². The molecular weight excluding hydrogens is 276 g/mol. The van der Waals surface area contributed by atoms with Gasteiger partial charge in [0.05, 0.1) is 0 Å². The predicted molar refractivity (Wildman–Crippen MR) is 85.3 cm³/mol. The molecule has 0 saturated carbocycles. The minimum absolute atomic E-state index is 0.206. The first-order valence-electron chi connectivity index (χ1n) is 7.85. The molecule has 0 unspecified atom stereocenters. The average molecular weight is 296 g/mol. The van der Waals surface area contributed by atoms with Crippen molar-refractivity contribution in [2.45, 2.75) is 46.1 Å². The highest BCUT2D eigenvalue weighted by atomic mass is 16.2. The summed E-state index contributed by atoms with van der Waals surface area (Å²) in [5.41, 5.74) is 2.38. The Morgan fingerprint density at radius 2 is 1.77 bits per heavy atom. The van der Waals surface area contributed by atoms with E-state index in [0.717, 1.165) is 30.8 Å². The number of unbranched alkanes of at least 4 members (excludes halogenated alkanes) is 1. The summed E-state index contributed by atoms with van der Waals surface area (Å²) in [6.45, 7) is 6.97. The monoisotopic (exact) mass is 296 g/mol. The molecule has 0 atom stereocenters. The Morgan fingerprint density at radius 3 is 2.41 bits per heavy atom. The normalized spacial score (nSPS) is 13.5. The molecule has 1 aromatic heterocycles. The van der Waals surface area contributed by atoms with Crippen LogP contribution in [0, 0.1) is 0 Å². The molecule has 1 aliphatic rings. The fourth-order valence-electron chi connectivity index (χ4n) is 2.99. The van der Waals surface area contributed by atoms with Crippen molar-refractivity contribution < 1.29 is 9.59 Å². The summed E-state index contributed by atoms with van der Waals surface area (Å²) in [6.07, 6.45) is 1.99. The molecule has 0 saturated heterocycles. The molecular formula is C18H20N2O2. The number of ketones is 2. The number of fused-ring (bicyclic) bond motifs is 3. The molecule has 1 aliphatic carbocycles. The largest absolute Gasteiger partial charge is 0.324 e. The van der Waals surface area contributed by atoms with Gasteiger partial charge < -0.3 is 4.57 Å². The van der Waals surface area contributed by atoms with Crippen LogP contribution < -0.4 is 0 Å². The maximum absolute atomic E-state index is 12.6. The fourth-order valence-corrected chi connectivity index (χ4v) is 2.99. The smallest absolute Gasteiger partial charge is 0.252 e. The summed E-state index contributed by atoms with van der Waals surface area (Å²) in [6, 6.07) is 7.25. The van der Waals surface area contributed by atoms with Crippen molar-refractivity contribution in [3.63, 3.8) is 0 Å². The Balaban J connectivity index is 2.27. The molecule has 0 aliphatic heterocycles. The van der Waals surface area contributed by atoms with Gasteiger partial charge in [-0.15, -0.1) is 0 Å². The molecule has 2 aromatic rings. The number of imidazole rings is 1. The third kappa shape index (κ3) is 2.10. The van der Waals surface area contributed by atoms with Gasteiger partial charge in [0.2, 0.25) is 5.78 Å². The molecule has 1 heterocycles. The standard InChI is InChI=1S/C18H20N2O2/c1-4-5-10-20-15-14(19-18(20)11(2)3)12-8-6-7-9-13(12)16(21)17(15)22/h6-9,11H,4-5,10H2,1-3H3. The van der Waals surface area contributed by atoms with Crippen molar-refractivity contribution in [1.82, 2.24) is 9.55 Å². The van der Waals surface area contributed by atoms with Crippen LogP contribution in [-0.4, -0.2) is 21.1 Å². The summed E-state index contributed by atoms with van der Waals surface area (Å²) in [4.78, 5) is 29.7. The molecule has 0 fully saturated rings. The van der Waals surface area contributed by atoms with E-state index in [4.69, 9.17) is 4.98 Å². The predicted octanol–water partition coefficient (Wildman–Crippen LogP) is 3.85. The van der Waals surface area contributed by atoms with Crippen LogP contribution in [0.2, 0.25) is 0 Å². The van der Waals surface area contributed by atoms with E-state index < -0.39 is 11.6 Å². The van der Waals surface area contributed by atoms with Crippen LogP contribution in [0.1, 0.15) is 66.2 Å². The Morgan fingerprint density at radius 1 is 1.09 bits per heavy atom. The van der Waals surface area contributed by atoms with Crippen molar-refractivity contribution in [3.05, 3.63) is 41.3 Å². The van der Waals surface area contributed by atoms with Gasteiger partial charge in [0.1, 0.15) is 17.2 Å². The van der Waals surface area contributed by atoms with E-state index in [9.17, 15) is 9.59 Å². The van der Waals surface area contributed by atoms with E-state index in [1.54, 1.807) is 12.1 Å². The molecule has 4 nitrogen and oxygen atoms in total. The minimum Gasteiger partial charge on any atom is -0.324 e. The molecule has 3 rings (SSSR count). The first kappa shape index (κ1) is 14.7. The number of nitrogens with zero attached hydrogens (tertiary/aromatic N) is 2. The number of carbonyl (C=O) groups is 2. The quantitative estimate of drug-likeness (QED) is 0.805. The highest BCUT2D eigenvalue weighted by molar-refractivity contribution is 6.52. The van der Waals surface area contributed by atoms with Crippen LogP contribution in [0.15, 0.2) is 24.3 Å². The molecule has 114 valence electrons. The van der Waals surface area contributed by atoms with Crippen LogP contribution in [0.5, 0.6) is 0 Å². The zero-order chi connectivity index (χ0) is 15.9. The van der Waals surface area contributed by atoms with Crippen molar-refractivity contribution in [2.75, 3.05) is 0 Å². The van der Waals surface area contributed by atoms with E-state index in [0.29, 0.717) is 17.0 Å². The molecule has 0 N–H and O–H groups in total. The van der Waals surface area contributed by atoms with E-state index >= 15 is 0 Å². The second-order valence-corrected chi connectivity index (χ2v) is 6.03. The first-order valence-corrected chi connectivity index (χ1v) is 7.85. The number of carbonyl (C=O) groups excluding carboxylic acids is 2. The molecule has 4 heteroatoms. The number of rotatable bonds is 4. The number of hydrogen-bond donors (Lipinski definition) is 0. The van der Waals surface area contributed by atoms with Gasteiger partial charge in [0.15, 0.2) is 0 Å². The van der Waals surface area contributed by atoms with Crippen LogP contribution in [0.4, 0.5) is 0 Å². The maximum atomic E-state index is 12.6. The molecule has 0 spiro atoms. The lowest BCUT2D eigenvalue weighted by atomic mass is 9.90. The van der Waals surface area contributed by atoms with Gasteiger partial charge >= 0.3 is 0 Å². The van der Waals surface area contributed by atoms with Crippen LogP contribution in [0.3, 0.4) is 0 Å². The van der Waals surface area contributed by atoms with Crippen LogP contribution in [-0.2, 0) is 6.54 Å². The van der Waals surface area contributed by atoms with E-state index in [2.05, 4.69) is 20.8 Å². The van der Waals surface area contributed by atoms with Gasteiger partial charge in [0.25, 0.3) is 5.78 Å². The zero-order valence-corrected chi connectivity index (χ0v) is 13.2. The third-order valence-corrected chi connectivity index (χ3v) is 4.10.